The molecule has 0 bridgehead atoms. The molecule has 0 radical (unpaired) electrons. The zero-order valence-electron chi connectivity index (χ0n) is 6.26. The van der Waals surface area contributed by atoms with Crippen molar-refractivity contribution in [2.75, 3.05) is 0 Å². The third-order valence-electron chi connectivity index (χ3n) is 1.48. The Morgan fingerprint density at radius 3 is 2.30 bits per heavy atom. The second-order valence-corrected chi connectivity index (χ2v) is 3.05. The molecule has 0 aliphatic rings. The van der Waals surface area contributed by atoms with Crippen molar-refractivity contribution >= 4 is 17.3 Å². The van der Waals surface area contributed by atoms with E-state index in [1.807, 2.05) is 13.8 Å². The first kappa shape index (κ1) is 7.41. The highest BCUT2D eigenvalue weighted by Crippen LogP contribution is 2.16. The Balaban J connectivity index is 3.17. The van der Waals surface area contributed by atoms with Gasteiger partial charge in [0.15, 0.2) is 5.78 Å². The molecule has 3 heteroatoms. The van der Waals surface area contributed by atoms with Crippen molar-refractivity contribution in [2.24, 2.45) is 0 Å². The maximum atomic E-state index is 10.8. The molecule has 0 aliphatic carbocycles. The fourth-order valence-corrected chi connectivity index (χ4v) is 1.52. The summed E-state index contributed by atoms with van der Waals surface area (Å²) in [6.07, 6.45) is 0. The first-order chi connectivity index (χ1) is 4.63. The zero-order chi connectivity index (χ0) is 7.72. The fraction of sp³-hybridized carbons (Fsp3) is 0.429. The average Bonchev–Trinajstić information content (AvgIpc) is 2.14. The van der Waals surface area contributed by atoms with Gasteiger partial charge in [-0.1, -0.05) is 0 Å². The molecule has 10 heavy (non-hydrogen) atoms. The van der Waals surface area contributed by atoms with Crippen molar-refractivity contribution in [3.05, 3.63) is 16.1 Å². The van der Waals surface area contributed by atoms with E-state index >= 15 is 0 Å². The van der Waals surface area contributed by atoms with E-state index in [1.54, 1.807) is 6.92 Å². The largest absolute Gasteiger partial charge is 0.294 e. The fourth-order valence-electron chi connectivity index (χ4n) is 0.744. The molecule has 1 aromatic rings. The molecule has 0 N–H and O–H groups in total. The van der Waals surface area contributed by atoms with Crippen LogP contribution in [-0.4, -0.2) is 10.2 Å². The van der Waals surface area contributed by atoms with Gasteiger partial charge in [-0.25, -0.2) is 0 Å². The number of rotatable bonds is 1. The smallest absolute Gasteiger partial charge is 0.171 e. The summed E-state index contributed by atoms with van der Waals surface area (Å²) >= 11 is 1.28. The Hall–Kier alpha value is -0.700. The van der Waals surface area contributed by atoms with Gasteiger partial charge in [0.25, 0.3) is 0 Å². The van der Waals surface area contributed by atoms with Gasteiger partial charge in [-0.05, 0) is 30.9 Å². The summed E-state index contributed by atoms with van der Waals surface area (Å²) < 4.78 is 4.06. The summed E-state index contributed by atoms with van der Waals surface area (Å²) in [7, 11) is 0. The van der Waals surface area contributed by atoms with Crippen molar-refractivity contribution in [1.82, 2.24) is 4.37 Å². The Bertz CT molecular complexity index is 265. The first-order valence-corrected chi connectivity index (χ1v) is 3.84. The van der Waals surface area contributed by atoms with Gasteiger partial charge in [-0.15, -0.1) is 0 Å². The van der Waals surface area contributed by atoms with E-state index < -0.39 is 0 Å². The number of ketones is 1. The molecule has 0 saturated carbocycles. The van der Waals surface area contributed by atoms with Crippen LogP contribution in [0.15, 0.2) is 0 Å². The average molecular weight is 155 g/mol. The Kier molecular flexibility index (Phi) is 1.85. The molecule has 0 amide bonds. The van der Waals surface area contributed by atoms with Crippen LogP contribution in [0, 0.1) is 13.8 Å². The predicted octanol–water partition coefficient (Wildman–Crippen LogP) is 1.96. The van der Waals surface area contributed by atoms with Crippen LogP contribution in [-0.2, 0) is 0 Å². The molecule has 0 aliphatic heterocycles. The van der Waals surface area contributed by atoms with Gasteiger partial charge in [-0.2, -0.15) is 4.37 Å². The summed E-state index contributed by atoms with van der Waals surface area (Å²) in [6.45, 7) is 5.41. The van der Waals surface area contributed by atoms with Crippen LogP contribution in [0.25, 0.3) is 0 Å². The van der Waals surface area contributed by atoms with Gasteiger partial charge in [0.05, 0.1) is 10.6 Å². The van der Waals surface area contributed by atoms with Gasteiger partial charge in [0.2, 0.25) is 0 Å². The van der Waals surface area contributed by atoms with Crippen molar-refractivity contribution in [3.63, 3.8) is 0 Å². The Labute approximate surface area is 64.1 Å². The van der Waals surface area contributed by atoms with Crippen LogP contribution in [0.2, 0.25) is 0 Å². The summed E-state index contributed by atoms with van der Waals surface area (Å²) in [5.41, 5.74) is 1.99. The normalized spacial score (nSPS) is 9.90. The third-order valence-corrected chi connectivity index (χ3v) is 2.62. The van der Waals surface area contributed by atoms with Crippen LogP contribution >= 0.6 is 11.5 Å². The summed E-state index contributed by atoms with van der Waals surface area (Å²) in [5, 5.41) is 0. The lowest BCUT2D eigenvalue weighted by atomic mass is 10.2. The number of carbonyl (C=O) groups is 1. The van der Waals surface area contributed by atoms with Gasteiger partial charge in [0.1, 0.15) is 0 Å². The van der Waals surface area contributed by atoms with Crippen molar-refractivity contribution < 1.29 is 4.79 Å². The molecule has 1 heterocycles. The van der Waals surface area contributed by atoms with Crippen molar-refractivity contribution in [1.29, 1.82) is 0 Å². The molecule has 0 aromatic carbocycles. The summed E-state index contributed by atoms with van der Waals surface area (Å²) in [5.74, 6) is 0.114. The standard InChI is InChI=1S/C7H9NOS/c1-4-5(2)8-10-7(4)6(3)9/h1-3H3. The number of nitrogens with zero attached hydrogens (tertiary/aromatic N) is 1. The van der Waals surface area contributed by atoms with Gasteiger partial charge < -0.3 is 0 Å². The predicted molar refractivity (Wildman–Crippen MR) is 41.6 cm³/mol. The summed E-state index contributed by atoms with van der Waals surface area (Å²) in [6, 6.07) is 0. The molecule has 54 valence electrons. The number of aryl methyl sites for hydroxylation is 1. The number of carbonyl (C=O) groups excluding carboxylic acids is 1. The Morgan fingerprint density at radius 1 is 1.50 bits per heavy atom. The molecule has 1 rings (SSSR count). The van der Waals surface area contributed by atoms with Crippen LogP contribution in [0.1, 0.15) is 27.9 Å². The zero-order valence-corrected chi connectivity index (χ0v) is 7.08. The van der Waals surface area contributed by atoms with Gasteiger partial charge in [0, 0.05) is 6.92 Å². The molecule has 0 saturated heterocycles. The second-order valence-electron chi connectivity index (χ2n) is 2.28. The molecule has 0 fully saturated rings. The van der Waals surface area contributed by atoms with E-state index in [-0.39, 0.29) is 5.78 Å². The molecule has 1 aromatic heterocycles. The second kappa shape index (κ2) is 2.50. The highest BCUT2D eigenvalue weighted by Gasteiger charge is 2.08. The quantitative estimate of drug-likeness (QED) is 0.580. The number of hydrogen-bond donors (Lipinski definition) is 0. The topological polar surface area (TPSA) is 30.0 Å². The molecule has 0 spiro atoms. The SMILES string of the molecule is CC(=O)c1snc(C)c1C. The lowest BCUT2D eigenvalue weighted by molar-refractivity contribution is 0.102. The number of Topliss-reactive ketones (excluding diaryl/α,β-unsaturated/α-hetero) is 1. The van der Waals surface area contributed by atoms with Gasteiger partial charge in [-0.3, -0.25) is 4.79 Å². The highest BCUT2D eigenvalue weighted by atomic mass is 32.1. The monoisotopic (exact) mass is 155 g/mol. The van der Waals surface area contributed by atoms with Crippen LogP contribution in [0.3, 0.4) is 0 Å². The molecule has 0 unspecified atom stereocenters. The highest BCUT2D eigenvalue weighted by molar-refractivity contribution is 7.08. The van der Waals surface area contributed by atoms with Crippen molar-refractivity contribution in [2.45, 2.75) is 20.8 Å². The first-order valence-electron chi connectivity index (χ1n) is 3.06. The minimum absolute atomic E-state index is 0.114. The van der Waals surface area contributed by atoms with E-state index in [0.29, 0.717) is 0 Å². The molecular weight excluding hydrogens is 146 g/mol. The van der Waals surface area contributed by atoms with E-state index in [9.17, 15) is 4.79 Å². The molecule has 0 atom stereocenters. The molecular formula is C7H9NOS. The lowest BCUT2D eigenvalue weighted by Gasteiger charge is -1.88. The Morgan fingerprint density at radius 2 is 2.10 bits per heavy atom. The number of hydrogen-bond acceptors (Lipinski definition) is 3. The van der Waals surface area contributed by atoms with Crippen LogP contribution in [0.5, 0.6) is 0 Å². The lowest BCUT2D eigenvalue weighted by Crippen LogP contribution is -1.89. The number of aromatic nitrogens is 1. The van der Waals surface area contributed by atoms with Crippen molar-refractivity contribution in [3.8, 4) is 0 Å². The molecule has 2 nitrogen and oxygen atoms in total. The van der Waals surface area contributed by atoms with Crippen LogP contribution in [0.4, 0.5) is 0 Å². The minimum Gasteiger partial charge on any atom is -0.294 e. The maximum Gasteiger partial charge on any atom is 0.171 e. The summed E-state index contributed by atoms with van der Waals surface area (Å²) in [4.78, 5) is 11.6. The minimum atomic E-state index is 0.114. The van der Waals surface area contributed by atoms with Crippen LogP contribution < -0.4 is 0 Å². The van der Waals surface area contributed by atoms with E-state index in [2.05, 4.69) is 4.37 Å². The maximum absolute atomic E-state index is 10.8. The van der Waals surface area contributed by atoms with Gasteiger partial charge >= 0.3 is 0 Å². The third kappa shape index (κ3) is 1.09. The van der Waals surface area contributed by atoms with E-state index in [1.165, 1.54) is 11.5 Å². The van der Waals surface area contributed by atoms with E-state index in [4.69, 9.17) is 0 Å². The van der Waals surface area contributed by atoms with E-state index in [0.717, 1.165) is 16.1 Å².